The molecule has 0 aliphatic carbocycles. The second-order valence-corrected chi connectivity index (χ2v) is 9.12. The lowest BCUT2D eigenvalue weighted by atomic mass is 10.0. The van der Waals surface area contributed by atoms with Crippen molar-refractivity contribution >= 4 is 29.3 Å². The summed E-state index contributed by atoms with van der Waals surface area (Å²) < 4.78 is 1.87. The lowest BCUT2D eigenvalue weighted by molar-refractivity contribution is -0.116. The Morgan fingerprint density at radius 2 is 1.78 bits per heavy atom. The molecule has 0 radical (unpaired) electrons. The third-order valence-electron chi connectivity index (χ3n) is 5.65. The second-order valence-electron chi connectivity index (χ2n) is 8.17. The van der Waals surface area contributed by atoms with Gasteiger partial charge in [-0.3, -0.25) is 9.59 Å². The van der Waals surface area contributed by atoms with Crippen LogP contribution in [0.4, 0.5) is 5.69 Å². The van der Waals surface area contributed by atoms with Crippen molar-refractivity contribution in [1.82, 2.24) is 20.1 Å². The molecule has 8 heteroatoms. The van der Waals surface area contributed by atoms with E-state index in [1.807, 2.05) is 66.8 Å². The number of carbonyl (C=O) groups is 2. The van der Waals surface area contributed by atoms with Crippen molar-refractivity contribution in [3.8, 4) is 0 Å². The molecule has 1 aliphatic rings. The molecule has 0 bridgehead atoms. The van der Waals surface area contributed by atoms with Crippen LogP contribution in [0.2, 0.25) is 0 Å². The Morgan fingerprint density at radius 3 is 2.53 bits per heavy atom. The van der Waals surface area contributed by atoms with Crippen molar-refractivity contribution in [3.63, 3.8) is 0 Å². The van der Waals surface area contributed by atoms with Gasteiger partial charge in [0.2, 0.25) is 5.91 Å². The van der Waals surface area contributed by atoms with Crippen molar-refractivity contribution in [2.45, 2.75) is 31.5 Å². The van der Waals surface area contributed by atoms with Crippen molar-refractivity contribution in [3.05, 3.63) is 71.5 Å². The molecule has 2 amide bonds. The van der Waals surface area contributed by atoms with Gasteiger partial charge in [-0.1, -0.05) is 62.0 Å². The van der Waals surface area contributed by atoms with E-state index in [1.165, 1.54) is 17.3 Å². The van der Waals surface area contributed by atoms with Crippen LogP contribution in [-0.4, -0.2) is 38.9 Å². The molecule has 166 valence electrons. The highest BCUT2D eigenvalue weighted by molar-refractivity contribution is 7.99. The summed E-state index contributed by atoms with van der Waals surface area (Å²) in [5.41, 5.74) is 2.81. The first-order chi connectivity index (χ1) is 15.5. The van der Waals surface area contributed by atoms with E-state index in [2.05, 4.69) is 21.6 Å². The largest absolute Gasteiger partial charge is 0.342 e. The summed E-state index contributed by atoms with van der Waals surface area (Å²) in [5, 5.41) is 12.4. The van der Waals surface area contributed by atoms with Crippen LogP contribution >= 0.6 is 11.8 Å². The third-order valence-corrected chi connectivity index (χ3v) is 6.65. The van der Waals surface area contributed by atoms with Gasteiger partial charge in [0.25, 0.3) is 5.91 Å². The first-order valence-electron chi connectivity index (χ1n) is 10.7. The van der Waals surface area contributed by atoms with Gasteiger partial charge in [0.1, 0.15) is 0 Å². The Morgan fingerprint density at radius 1 is 1.06 bits per heavy atom. The number of nitrogens with zero attached hydrogens (tertiary/aromatic N) is 4. The van der Waals surface area contributed by atoms with Gasteiger partial charge in [-0.2, -0.15) is 0 Å². The van der Waals surface area contributed by atoms with Gasteiger partial charge in [0.05, 0.1) is 11.8 Å². The second kappa shape index (κ2) is 9.56. The molecule has 0 fully saturated rings. The normalized spacial score (nSPS) is 13.8. The molecule has 1 N–H and O–H groups in total. The zero-order valence-electron chi connectivity index (χ0n) is 18.5. The van der Waals surface area contributed by atoms with Gasteiger partial charge in [-0.05, 0) is 36.1 Å². The number of anilines is 1. The van der Waals surface area contributed by atoms with Gasteiger partial charge in [-0.25, -0.2) is 0 Å². The standard InChI is InChI=1S/C24H27N5O2S/c1-16(2)21(25-23(31)18-10-5-4-6-11-18)22-26-27-24(28(22)3)32-15-20(30)29-14-13-17-9-7-8-12-19(17)29/h4-12,16,21H,13-15H2,1-3H3,(H,25,31)/t21-/m0/s1. The first kappa shape index (κ1) is 22.1. The predicted octanol–water partition coefficient (Wildman–Crippen LogP) is 3.62. The highest BCUT2D eigenvalue weighted by Crippen LogP contribution is 2.29. The van der Waals surface area contributed by atoms with E-state index in [9.17, 15) is 9.59 Å². The minimum absolute atomic E-state index is 0.0577. The molecule has 0 saturated heterocycles. The maximum absolute atomic E-state index is 12.8. The van der Waals surface area contributed by atoms with Crippen LogP contribution in [0.5, 0.6) is 0 Å². The Hall–Kier alpha value is -3.13. The van der Waals surface area contributed by atoms with Crippen LogP contribution in [0.15, 0.2) is 59.8 Å². The lowest BCUT2D eigenvalue weighted by Gasteiger charge is -2.22. The molecule has 1 aromatic heterocycles. The molecule has 7 nitrogen and oxygen atoms in total. The van der Waals surface area contributed by atoms with Crippen molar-refractivity contribution in [2.24, 2.45) is 13.0 Å². The fourth-order valence-electron chi connectivity index (χ4n) is 3.87. The maximum Gasteiger partial charge on any atom is 0.251 e. The number of hydrogen-bond donors (Lipinski definition) is 1. The number of benzene rings is 2. The number of para-hydroxylation sites is 1. The Bertz CT molecular complexity index is 1110. The van der Waals surface area contributed by atoms with E-state index < -0.39 is 0 Å². The Balaban J connectivity index is 1.44. The number of fused-ring (bicyclic) bond motifs is 1. The predicted molar refractivity (Wildman–Crippen MR) is 126 cm³/mol. The molecule has 0 spiro atoms. The molecule has 2 aromatic carbocycles. The van der Waals surface area contributed by atoms with E-state index in [1.54, 1.807) is 12.1 Å². The molecule has 0 saturated carbocycles. The Kier molecular flexibility index (Phi) is 6.60. The molecular weight excluding hydrogens is 422 g/mol. The van der Waals surface area contributed by atoms with E-state index in [0.717, 1.165) is 12.1 Å². The number of carbonyl (C=O) groups excluding carboxylic acids is 2. The summed E-state index contributed by atoms with van der Waals surface area (Å²) in [7, 11) is 1.87. The minimum atomic E-state index is -0.296. The van der Waals surface area contributed by atoms with Crippen LogP contribution in [-0.2, 0) is 18.3 Å². The smallest absolute Gasteiger partial charge is 0.251 e. The van der Waals surface area contributed by atoms with E-state index >= 15 is 0 Å². The van der Waals surface area contributed by atoms with E-state index in [0.29, 0.717) is 23.1 Å². The maximum atomic E-state index is 12.8. The number of aromatic nitrogens is 3. The molecule has 1 atom stereocenters. The fourth-order valence-corrected chi connectivity index (χ4v) is 4.66. The van der Waals surface area contributed by atoms with Gasteiger partial charge in [-0.15, -0.1) is 10.2 Å². The summed E-state index contributed by atoms with van der Waals surface area (Å²) >= 11 is 1.37. The average Bonchev–Trinajstić information content (AvgIpc) is 3.39. The molecule has 1 aliphatic heterocycles. The highest BCUT2D eigenvalue weighted by Gasteiger charge is 2.27. The monoisotopic (exact) mass is 449 g/mol. The van der Waals surface area contributed by atoms with Crippen LogP contribution in [0.3, 0.4) is 0 Å². The van der Waals surface area contributed by atoms with Crippen LogP contribution in [0.25, 0.3) is 0 Å². The molecule has 32 heavy (non-hydrogen) atoms. The number of hydrogen-bond acceptors (Lipinski definition) is 5. The summed E-state index contributed by atoms with van der Waals surface area (Å²) in [6, 6.07) is 16.9. The van der Waals surface area contributed by atoms with Crippen LogP contribution in [0, 0.1) is 5.92 Å². The zero-order valence-corrected chi connectivity index (χ0v) is 19.3. The number of nitrogens with one attached hydrogen (secondary N) is 1. The van der Waals surface area contributed by atoms with E-state index in [-0.39, 0.29) is 29.5 Å². The van der Waals surface area contributed by atoms with Gasteiger partial charge in [0, 0.05) is 24.8 Å². The highest BCUT2D eigenvalue weighted by atomic mass is 32.2. The molecular formula is C24H27N5O2S. The average molecular weight is 450 g/mol. The molecule has 3 aromatic rings. The molecule has 0 unspecified atom stereocenters. The number of amides is 2. The van der Waals surface area contributed by atoms with Crippen molar-refractivity contribution < 1.29 is 9.59 Å². The van der Waals surface area contributed by atoms with E-state index in [4.69, 9.17) is 0 Å². The number of rotatable bonds is 7. The summed E-state index contributed by atoms with van der Waals surface area (Å²) in [5.74, 6) is 0.979. The van der Waals surface area contributed by atoms with Crippen molar-refractivity contribution in [2.75, 3.05) is 17.2 Å². The van der Waals surface area contributed by atoms with Crippen molar-refractivity contribution in [1.29, 1.82) is 0 Å². The molecule has 4 rings (SSSR count). The zero-order chi connectivity index (χ0) is 22.7. The van der Waals surface area contributed by atoms with Crippen LogP contribution in [0.1, 0.15) is 41.6 Å². The summed E-state index contributed by atoms with van der Waals surface area (Å²) in [4.78, 5) is 27.4. The quantitative estimate of drug-likeness (QED) is 0.557. The van der Waals surface area contributed by atoms with Gasteiger partial charge in [0.15, 0.2) is 11.0 Å². The SMILES string of the molecule is CC(C)[C@H](NC(=O)c1ccccc1)c1nnc(SCC(=O)N2CCc3ccccc32)n1C. The third kappa shape index (κ3) is 4.55. The van der Waals surface area contributed by atoms with Gasteiger partial charge >= 0.3 is 0 Å². The number of thioether (sulfide) groups is 1. The Labute approximate surface area is 192 Å². The lowest BCUT2D eigenvalue weighted by Crippen LogP contribution is -2.33. The minimum Gasteiger partial charge on any atom is -0.342 e. The first-order valence-corrected chi connectivity index (χ1v) is 11.7. The topological polar surface area (TPSA) is 80.1 Å². The summed E-state index contributed by atoms with van der Waals surface area (Å²) in [6.07, 6.45) is 0.887. The fraction of sp³-hybridized carbons (Fsp3) is 0.333. The van der Waals surface area contributed by atoms with Gasteiger partial charge < -0.3 is 14.8 Å². The molecule has 2 heterocycles. The summed E-state index contributed by atoms with van der Waals surface area (Å²) in [6.45, 7) is 4.78. The van der Waals surface area contributed by atoms with Crippen LogP contribution < -0.4 is 10.2 Å².